The number of nitrogens with zero attached hydrogens (tertiary/aromatic N) is 1. The summed E-state index contributed by atoms with van der Waals surface area (Å²) in [7, 11) is 3.26. The minimum absolute atomic E-state index is 0. The zero-order valence-electron chi connectivity index (χ0n) is 14.4. The van der Waals surface area contributed by atoms with Crippen molar-refractivity contribution in [2.24, 2.45) is 5.41 Å². The van der Waals surface area contributed by atoms with Crippen LogP contribution in [-0.4, -0.2) is 44.1 Å². The minimum Gasteiger partial charge on any atom is -0.493 e. The maximum absolute atomic E-state index is 12.3. The van der Waals surface area contributed by atoms with E-state index in [1.165, 1.54) is 11.1 Å². The van der Waals surface area contributed by atoms with Crippen LogP contribution in [0.15, 0.2) is 12.1 Å². The molecule has 2 unspecified atom stereocenters. The second-order valence-corrected chi connectivity index (χ2v) is 6.88. The molecule has 2 fully saturated rings. The van der Waals surface area contributed by atoms with Crippen LogP contribution in [0, 0.1) is 5.41 Å². The fourth-order valence-corrected chi connectivity index (χ4v) is 4.36. The van der Waals surface area contributed by atoms with Gasteiger partial charge in [-0.1, -0.05) is 0 Å². The lowest BCUT2D eigenvalue weighted by Crippen LogP contribution is -2.47. The maximum atomic E-state index is 12.3. The fourth-order valence-electron chi connectivity index (χ4n) is 4.36. The van der Waals surface area contributed by atoms with Crippen molar-refractivity contribution in [3.8, 4) is 11.5 Å². The van der Waals surface area contributed by atoms with E-state index in [1.807, 2.05) is 12.1 Å². The van der Waals surface area contributed by atoms with Crippen molar-refractivity contribution in [3.63, 3.8) is 0 Å². The molecule has 0 N–H and O–H groups in total. The SMILES string of the molecule is COc1cc2c(cc1OC)C1CC3(CCN1CC2)CC(=O)OC3=O.Cl. The largest absolute Gasteiger partial charge is 0.493 e. The number of cyclic esters (lactones) is 2. The highest BCUT2D eigenvalue weighted by Gasteiger charge is 2.54. The van der Waals surface area contributed by atoms with Gasteiger partial charge in [0, 0.05) is 12.6 Å². The lowest BCUT2D eigenvalue weighted by atomic mass is 9.71. The molecule has 0 amide bonds. The molecule has 7 heteroatoms. The van der Waals surface area contributed by atoms with Crippen LogP contribution in [0.3, 0.4) is 0 Å². The zero-order valence-corrected chi connectivity index (χ0v) is 15.2. The molecular weight excluding hydrogens is 346 g/mol. The molecule has 0 radical (unpaired) electrons. The molecule has 0 aromatic heterocycles. The zero-order chi connectivity index (χ0) is 16.9. The summed E-state index contributed by atoms with van der Waals surface area (Å²) in [5.41, 5.74) is 1.74. The average Bonchev–Trinajstić information content (AvgIpc) is 2.86. The number of benzene rings is 1. The van der Waals surface area contributed by atoms with Crippen LogP contribution in [0.4, 0.5) is 0 Å². The first-order valence-corrected chi connectivity index (χ1v) is 8.30. The standard InChI is InChI=1S/C18H21NO5.ClH/c1-22-14-7-11-3-5-19-6-4-18(10-16(20)24-17(18)21)9-13(19)12(11)8-15(14)23-2;/h7-8,13H,3-6,9-10H2,1-2H3;1H. The average molecular weight is 368 g/mol. The van der Waals surface area contributed by atoms with Crippen molar-refractivity contribution in [2.75, 3.05) is 27.3 Å². The van der Waals surface area contributed by atoms with Crippen molar-refractivity contribution in [2.45, 2.75) is 31.7 Å². The molecule has 1 spiro atoms. The van der Waals surface area contributed by atoms with Crippen molar-refractivity contribution in [1.82, 2.24) is 4.90 Å². The fraction of sp³-hybridized carbons (Fsp3) is 0.556. The molecular formula is C18H22ClNO5. The lowest BCUT2D eigenvalue weighted by Gasteiger charge is -2.46. The van der Waals surface area contributed by atoms with E-state index in [1.54, 1.807) is 14.2 Å². The van der Waals surface area contributed by atoms with E-state index in [2.05, 4.69) is 4.90 Å². The summed E-state index contributed by atoms with van der Waals surface area (Å²) in [6.07, 6.45) is 2.47. The topological polar surface area (TPSA) is 65.1 Å². The van der Waals surface area contributed by atoms with Gasteiger partial charge in [0.05, 0.1) is 26.1 Å². The van der Waals surface area contributed by atoms with E-state index in [4.69, 9.17) is 14.2 Å². The number of hydrogen-bond acceptors (Lipinski definition) is 6. The Balaban J connectivity index is 0.00000182. The number of ether oxygens (including phenoxy) is 3. The van der Waals surface area contributed by atoms with Crippen LogP contribution < -0.4 is 9.47 Å². The monoisotopic (exact) mass is 367 g/mol. The molecule has 6 nitrogen and oxygen atoms in total. The van der Waals surface area contributed by atoms with Gasteiger partial charge in [-0.25, -0.2) is 0 Å². The third-order valence-electron chi connectivity index (χ3n) is 5.70. The van der Waals surface area contributed by atoms with Gasteiger partial charge in [0.15, 0.2) is 11.5 Å². The van der Waals surface area contributed by atoms with Gasteiger partial charge in [0.2, 0.25) is 0 Å². The van der Waals surface area contributed by atoms with Crippen LogP contribution >= 0.6 is 12.4 Å². The van der Waals surface area contributed by atoms with Crippen LogP contribution in [-0.2, 0) is 20.7 Å². The number of esters is 2. The molecule has 3 aliphatic heterocycles. The third-order valence-corrected chi connectivity index (χ3v) is 5.70. The van der Waals surface area contributed by atoms with Gasteiger partial charge in [-0.2, -0.15) is 0 Å². The second-order valence-electron chi connectivity index (χ2n) is 6.88. The molecule has 2 atom stereocenters. The number of hydrogen-bond donors (Lipinski definition) is 0. The summed E-state index contributed by atoms with van der Waals surface area (Å²) in [5.74, 6) is 0.685. The first kappa shape index (κ1) is 18.0. The highest BCUT2D eigenvalue weighted by molar-refractivity contribution is 5.97. The van der Waals surface area contributed by atoms with Gasteiger partial charge < -0.3 is 14.2 Å². The Morgan fingerprint density at radius 3 is 2.52 bits per heavy atom. The van der Waals surface area contributed by atoms with E-state index < -0.39 is 11.4 Å². The number of fused-ring (bicyclic) bond motifs is 3. The molecule has 4 rings (SSSR count). The van der Waals surface area contributed by atoms with E-state index in [9.17, 15) is 9.59 Å². The third kappa shape index (κ3) is 2.77. The number of piperidine rings is 1. The summed E-state index contributed by atoms with van der Waals surface area (Å²) in [6.45, 7) is 1.76. The summed E-state index contributed by atoms with van der Waals surface area (Å²) in [6, 6.07) is 4.16. The quantitative estimate of drug-likeness (QED) is 0.590. The molecule has 1 aromatic rings. The van der Waals surface area contributed by atoms with E-state index >= 15 is 0 Å². The molecule has 2 saturated heterocycles. The molecule has 0 saturated carbocycles. The van der Waals surface area contributed by atoms with Gasteiger partial charge in [-0.15, -0.1) is 12.4 Å². The van der Waals surface area contributed by atoms with Gasteiger partial charge in [-0.05, 0) is 49.1 Å². The molecule has 3 aliphatic rings. The van der Waals surface area contributed by atoms with E-state index in [0.717, 1.165) is 25.3 Å². The number of halogens is 1. The van der Waals surface area contributed by atoms with E-state index in [0.29, 0.717) is 18.6 Å². The van der Waals surface area contributed by atoms with Gasteiger partial charge in [0.1, 0.15) is 0 Å². The summed E-state index contributed by atoms with van der Waals surface area (Å²) in [4.78, 5) is 26.3. The summed E-state index contributed by atoms with van der Waals surface area (Å²) >= 11 is 0. The predicted octanol–water partition coefficient (Wildman–Crippen LogP) is 2.28. The highest BCUT2D eigenvalue weighted by atomic mass is 35.5. The van der Waals surface area contributed by atoms with Gasteiger partial charge in [-0.3, -0.25) is 14.5 Å². The van der Waals surface area contributed by atoms with Crippen LogP contribution in [0.25, 0.3) is 0 Å². The molecule has 0 bridgehead atoms. The number of carbonyl (C=O) groups is 2. The van der Waals surface area contributed by atoms with Gasteiger partial charge in [0.25, 0.3) is 0 Å². The van der Waals surface area contributed by atoms with Crippen molar-refractivity contribution >= 4 is 24.3 Å². The Labute approximate surface area is 152 Å². The molecule has 1 aromatic carbocycles. The number of carbonyl (C=O) groups excluding carboxylic acids is 2. The normalized spacial score (nSPS) is 28.0. The molecule has 136 valence electrons. The van der Waals surface area contributed by atoms with Crippen LogP contribution in [0.5, 0.6) is 11.5 Å². The number of methoxy groups -OCH3 is 2. The Bertz CT molecular complexity index is 722. The highest BCUT2D eigenvalue weighted by Crippen LogP contribution is 2.50. The number of rotatable bonds is 2. The van der Waals surface area contributed by atoms with E-state index in [-0.39, 0.29) is 30.8 Å². The first-order chi connectivity index (χ1) is 11.6. The Morgan fingerprint density at radius 1 is 1.16 bits per heavy atom. The molecule has 0 aliphatic carbocycles. The van der Waals surface area contributed by atoms with Crippen LogP contribution in [0.2, 0.25) is 0 Å². The van der Waals surface area contributed by atoms with Crippen molar-refractivity contribution < 1.29 is 23.8 Å². The maximum Gasteiger partial charge on any atom is 0.320 e. The van der Waals surface area contributed by atoms with Crippen molar-refractivity contribution in [3.05, 3.63) is 23.3 Å². The van der Waals surface area contributed by atoms with Crippen molar-refractivity contribution in [1.29, 1.82) is 0 Å². The Hall–Kier alpha value is -1.79. The Morgan fingerprint density at radius 2 is 1.88 bits per heavy atom. The van der Waals surface area contributed by atoms with Crippen LogP contribution in [0.1, 0.15) is 36.4 Å². The first-order valence-electron chi connectivity index (χ1n) is 8.30. The summed E-state index contributed by atoms with van der Waals surface area (Å²) < 4.78 is 15.7. The second kappa shape index (κ2) is 6.50. The molecule has 3 heterocycles. The van der Waals surface area contributed by atoms with Gasteiger partial charge >= 0.3 is 11.9 Å². The molecule has 25 heavy (non-hydrogen) atoms. The minimum atomic E-state index is -0.653. The summed E-state index contributed by atoms with van der Waals surface area (Å²) in [5, 5.41) is 0. The predicted molar refractivity (Wildman–Crippen MR) is 92.2 cm³/mol. The smallest absolute Gasteiger partial charge is 0.320 e. The lowest BCUT2D eigenvalue weighted by molar-refractivity contribution is -0.156. The Kier molecular flexibility index (Phi) is 4.68.